The average Bonchev–Trinajstić information content (AvgIpc) is 2.82. The van der Waals surface area contributed by atoms with E-state index < -0.39 is 0 Å². The summed E-state index contributed by atoms with van der Waals surface area (Å²) >= 11 is 0. The Balaban J connectivity index is 1.82. The quantitative estimate of drug-likeness (QED) is 0.903. The normalized spacial score (nSPS) is 23.6. The number of nitrogens with one attached hydrogen (secondary N) is 1. The SMILES string of the molecule is Cc1c([C@H](C)N2CC3(CCNCC3)CCC2=O)cnn1C. The third-order valence-electron chi connectivity index (χ3n) is 5.55. The molecule has 21 heavy (non-hydrogen) atoms. The number of aryl methyl sites for hydroxylation is 1. The van der Waals surface area contributed by atoms with Gasteiger partial charge in [-0.25, -0.2) is 0 Å². The monoisotopic (exact) mass is 290 g/mol. The van der Waals surface area contributed by atoms with Crippen molar-refractivity contribution in [3.05, 3.63) is 17.5 Å². The van der Waals surface area contributed by atoms with Gasteiger partial charge in [-0.2, -0.15) is 5.10 Å². The van der Waals surface area contributed by atoms with Crippen LogP contribution in [0.2, 0.25) is 0 Å². The molecule has 2 aliphatic heterocycles. The van der Waals surface area contributed by atoms with E-state index in [1.54, 1.807) is 0 Å². The van der Waals surface area contributed by atoms with Gasteiger partial charge in [0.1, 0.15) is 0 Å². The number of piperidine rings is 2. The van der Waals surface area contributed by atoms with E-state index >= 15 is 0 Å². The first-order valence-electron chi connectivity index (χ1n) is 8.01. The van der Waals surface area contributed by atoms with Crippen molar-refractivity contribution in [2.45, 2.75) is 45.6 Å². The third-order valence-corrected chi connectivity index (χ3v) is 5.55. The van der Waals surface area contributed by atoms with Gasteiger partial charge in [-0.1, -0.05) is 0 Å². The van der Waals surface area contributed by atoms with Crippen LogP contribution in [0.4, 0.5) is 0 Å². The topological polar surface area (TPSA) is 50.2 Å². The second-order valence-electron chi connectivity index (χ2n) is 6.76. The third kappa shape index (κ3) is 2.59. The lowest BCUT2D eigenvalue weighted by Crippen LogP contribution is -2.51. The van der Waals surface area contributed by atoms with Crippen molar-refractivity contribution in [2.75, 3.05) is 19.6 Å². The summed E-state index contributed by atoms with van der Waals surface area (Å²) in [5, 5.41) is 7.77. The van der Waals surface area contributed by atoms with Gasteiger partial charge in [0.25, 0.3) is 0 Å². The maximum atomic E-state index is 12.4. The van der Waals surface area contributed by atoms with Gasteiger partial charge in [0.15, 0.2) is 0 Å². The number of likely N-dealkylation sites (tertiary alicyclic amines) is 1. The first-order chi connectivity index (χ1) is 10.0. The van der Waals surface area contributed by atoms with Crippen LogP contribution in [0.3, 0.4) is 0 Å². The first kappa shape index (κ1) is 14.6. The van der Waals surface area contributed by atoms with Gasteiger partial charge in [0.2, 0.25) is 5.91 Å². The van der Waals surface area contributed by atoms with Crippen molar-refractivity contribution in [1.82, 2.24) is 20.0 Å². The molecule has 0 unspecified atom stereocenters. The van der Waals surface area contributed by atoms with Crippen LogP contribution >= 0.6 is 0 Å². The van der Waals surface area contributed by atoms with Crippen molar-refractivity contribution in [1.29, 1.82) is 0 Å². The van der Waals surface area contributed by atoms with E-state index in [1.165, 1.54) is 18.4 Å². The fraction of sp³-hybridized carbons (Fsp3) is 0.750. The van der Waals surface area contributed by atoms with Crippen LogP contribution < -0.4 is 5.32 Å². The number of rotatable bonds is 2. The molecule has 2 aliphatic rings. The molecule has 0 aromatic carbocycles. The number of carbonyl (C=O) groups is 1. The number of hydrogen-bond acceptors (Lipinski definition) is 3. The predicted octanol–water partition coefficient (Wildman–Crippen LogP) is 1.78. The van der Waals surface area contributed by atoms with Crippen LogP contribution in [0, 0.1) is 12.3 Å². The second kappa shape index (κ2) is 5.44. The van der Waals surface area contributed by atoms with Gasteiger partial charge in [0.05, 0.1) is 12.2 Å². The van der Waals surface area contributed by atoms with Crippen molar-refractivity contribution in [3.8, 4) is 0 Å². The molecule has 5 nitrogen and oxygen atoms in total. The van der Waals surface area contributed by atoms with Crippen molar-refractivity contribution in [2.24, 2.45) is 12.5 Å². The lowest BCUT2D eigenvalue weighted by atomic mass is 9.72. The van der Waals surface area contributed by atoms with Crippen LogP contribution in [0.25, 0.3) is 0 Å². The van der Waals surface area contributed by atoms with Crippen molar-refractivity contribution in [3.63, 3.8) is 0 Å². The molecule has 0 bridgehead atoms. The molecule has 1 amide bonds. The highest BCUT2D eigenvalue weighted by Crippen LogP contribution is 2.41. The van der Waals surface area contributed by atoms with Crippen LogP contribution in [-0.4, -0.2) is 40.2 Å². The molecular weight excluding hydrogens is 264 g/mol. The minimum absolute atomic E-state index is 0.123. The Morgan fingerprint density at radius 1 is 1.33 bits per heavy atom. The van der Waals surface area contributed by atoms with E-state index in [0.29, 0.717) is 17.7 Å². The molecule has 0 aliphatic carbocycles. The zero-order chi connectivity index (χ0) is 15.0. The highest BCUT2D eigenvalue weighted by Gasteiger charge is 2.41. The Morgan fingerprint density at radius 2 is 2.05 bits per heavy atom. The summed E-state index contributed by atoms with van der Waals surface area (Å²) < 4.78 is 1.89. The van der Waals surface area contributed by atoms with Gasteiger partial charge in [-0.3, -0.25) is 9.48 Å². The average molecular weight is 290 g/mol. The van der Waals surface area contributed by atoms with Gasteiger partial charge in [-0.05, 0) is 51.6 Å². The van der Waals surface area contributed by atoms with Gasteiger partial charge in [0, 0.05) is 31.3 Å². The Morgan fingerprint density at radius 3 is 2.67 bits per heavy atom. The fourth-order valence-corrected chi connectivity index (χ4v) is 3.86. The molecule has 0 radical (unpaired) electrons. The summed E-state index contributed by atoms with van der Waals surface area (Å²) in [6.45, 7) is 7.29. The molecular formula is C16H26N4O. The molecule has 1 aromatic rings. The smallest absolute Gasteiger partial charge is 0.223 e. The molecule has 5 heteroatoms. The van der Waals surface area contributed by atoms with Gasteiger partial charge in [-0.15, -0.1) is 0 Å². The molecule has 0 saturated carbocycles. The Bertz CT molecular complexity index is 530. The minimum atomic E-state index is 0.123. The minimum Gasteiger partial charge on any atom is -0.335 e. The summed E-state index contributed by atoms with van der Waals surface area (Å²) in [6.07, 6.45) is 6.05. The summed E-state index contributed by atoms with van der Waals surface area (Å²) in [6, 6.07) is 0.123. The molecule has 2 fully saturated rings. The Kier molecular flexibility index (Phi) is 3.78. The van der Waals surface area contributed by atoms with E-state index in [2.05, 4.69) is 29.2 Å². The Labute approximate surface area is 126 Å². The van der Waals surface area contributed by atoms with Crippen molar-refractivity contribution < 1.29 is 4.79 Å². The lowest BCUT2D eigenvalue weighted by molar-refractivity contribution is -0.141. The number of aromatic nitrogens is 2. The molecule has 1 aromatic heterocycles. The van der Waals surface area contributed by atoms with E-state index in [-0.39, 0.29) is 6.04 Å². The second-order valence-corrected chi connectivity index (χ2v) is 6.76. The van der Waals surface area contributed by atoms with E-state index in [9.17, 15) is 4.79 Å². The molecule has 3 heterocycles. The summed E-state index contributed by atoms with van der Waals surface area (Å²) in [5.74, 6) is 0.301. The van der Waals surface area contributed by atoms with E-state index in [0.717, 1.165) is 31.7 Å². The van der Waals surface area contributed by atoms with E-state index in [1.807, 2.05) is 17.9 Å². The van der Waals surface area contributed by atoms with Crippen LogP contribution in [-0.2, 0) is 11.8 Å². The number of hydrogen-bond donors (Lipinski definition) is 1. The maximum absolute atomic E-state index is 12.4. The van der Waals surface area contributed by atoms with Gasteiger partial charge >= 0.3 is 0 Å². The lowest BCUT2D eigenvalue weighted by Gasteiger charge is -2.47. The predicted molar refractivity (Wildman–Crippen MR) is 81.8 cm³/mol. The zero-order valence-electron chi connectivity index (χ0n) is 13.4. The van der Waals surface area contributed by atoms with Gasteiger partial charge < -0.3 is 10.2 Å². The standard InChI is InChI=1S/C16H26N4O/c1-12-14(10-18-19(12)3)13(2)20-11-16(5-4-15(20)21)6-8-17-9-7-16/h10,13,17H,4-9,11H2,1-3H3/t13-/m0/s1. The van der Waals surface area contributed by atoms with Crippen molar-refractivity contribution >= 4 is 5.91 Å². The van der Waals surface area contributed by atoms with Crippen LogP contribution in [0.15, 0.2) is 6.20 Å². The maximum Gasteiger partial charge on any atom is 0.223 e. The number of nitrogens with zero attached hydrogens (tertiary/aromatic N) is 3. The molecule has 2 saturated heterocycles. The summed E-state index contributed by atoms with van der Waals surface area (Å²) in [5.41, 5.74) is 2.67. The molecule has 1 spiro atoms. The largest absolute Gasteiger partial charge is 0.335 e. The molecule has 3 rings (SSSR count). The number of carbonyl (C=O) groups excluding carboxylic acids is 1. The summed E-state index contributed by atoms with van der Waals surface area (Å²) in [4.78, 5) is 14.5. The van der Waals surface area contributed by atoms with Crippen LogP contribution in [0.5, 0.6) is 0 Å². The first-order valence-corrected chi connectivity index (χ1v) is 8.01. The molecule has 116 valence electrons. The summed E-state index contributed by atoms with van der Waals surface area (Å²) in [7, 11) is 1.96. The highest BCUT2D eigenvalue weighted by atomic mass is 16.2. The zero-order valence-corrected chi connectivity index (χ0v) is 13.4. The van der Waals surface area contributed by atoms with Crippen LogP contribution in [0.1, 0.15) is 49.9 Å². The molecule has 1 N–H and O–H groups in total. The number of amides is 1. The van der Waals surface area contributed by atoms with E-state index in [4.69, 9.17) is 0 Å². The molecule has 1 atom stereocenters. The fourth-order valence-electron chi connectivity index (χ4n) is 3.86. The highest BCUT2D eigenvalue weighted by molar-refractivity contribution is 5.77. The Hall–Kier alpha value is -1.36.